The van der Waals surface area contributed by atoms with Gasteiger partial charge in [-0.25, -0.2) is 19.6 Å². The van der Waals surface area contributed by atoms with Gasteiger partial charge in [0.2, 0.25) is 11.8 Å². The third-order valence-electron chi connectivity index (χ3n) is 14.6. The average Bonchev–Trinajstić information content (AvgIpc) is 3.98. The van der Waals surface area contributed by atoms with E-state index in [4.69, 9.17) is 28.9 Å². The minimum Gasteiger partial charge on any atom is -0.453 e. The number of hydrogen-bond acceptors (Lipinski definition) is 10. The number of fused-ring (bicyclic) bond motifs is 6. The first-order valence-electron chi connectivity index (χ1n) is 22.7. The maximum absolute atomic E-state index is 14.3. The number of nitrogens with zero attached hydrogens (tertiary/aromatic N) is 4. The zero-order chi connectivity index (χ0) is 43.6. The van der Waals surface area contributed by atoms with E-state index in [0.717, 1.165) is 81.3 Å². The minimum absolute atomic E-state index is 0.0320. The average molecular weight is 869 g/mol. The molecule has 4 amide bonds. The summed E-state index contributed by atoms with van der Waals surface area (Å²) in [6, 6.07) is 14.6. The second kappa shape index (κ2) is 16.4. The molecule has 0 spiro atoms. The molecule has 332 valence electrons. The van der Waals surface area contributed by atoms with Crippen molar-refractivity contribution in [2.45, 2.75) is 87.6 Å². The summed E-state index contributed by atoms with van der Waals surface area (Å²) in [6.45, 7) is 2.23. The predicted molar refractivity (Wildman–Crippen MR) is 234 cm³/mol. The minimum atomic E-state index is -0.688. The standard InChI is InChI=1S/C48H52N8O8/c1-61-47(59)53-40(27-11-15-63-16-12-27)45(57)55-36-21-30(36)23-38(55)43-49-33-9-6-26(20-35(33)51-43)4-3-25-5-8-32-29(19-25)7-10-34-42(32)52-44(50-34)39-24-31-22-37(31)56(39)46(58)41(54-48(60)62-2)28-13-17-64-18-14-28/h5-10,19-20,27-28,30-31,36-41H,11-18,21-24H2,1-2H3,(H,49,51)(H,50,52)(H,53,59)(H,54,60)/t30-,31-,36-,37-,38+,39+,40+,41+/m1/s1. The molecule has 3 aromatic carbocycles. The number of ether oxygens (including phenoxy) is 4. The number of benzene rings is 3. The first-order valence-corrected chi connectivity index (χ1v) is 22.7. The van der Waals surface area contributed by atoms with Crippen LogP contribution in [0.15, 0.2) is 48.5 Å². The number of carbonyl (C=O) groups excluding carboxylic acids is 4. The molecule has 4 saturated heterocycles. The second-order valence-electron chi connectivity index (χ2n) is 18.4. The number of H-pyrrole nitrogens is 2. The summed E-state index contributed by atoms with van der Waals surface area (Å²) in [6.07, 6.45) is 5.13. The van der Waals surface area contributed by atoms with Crippen LogP contribution in [-0.4, -0.2) is 119 Å². The third kappa shape index (κ3) is 7.47. The number of alkyl carbamates (subject to hydrolysis) is 2. The molecule has 0 bridgehead atoms. The van der Waals surface area contributed by atoms with Crippen LogP contribution in [0.5, 0.6) is 0 Å². The zero-order valence-electron chi connectivity index (χ0n) is 35.9. The first kappa shape index (κ1) is 40.6. The smallest absolute Gasteiger partial charge is 0.407 e. The summed E-state index contributed by atoms with van der Waals surface area (Å²) >= 11 is 0. The second-order valence-corrected chi connectivity index (χ2v) is 18.4. The van der Waals surface area contributed by atoms with Crippen LogP contribution in [0.3, 0.4) is 0 Å². The molecule has 16 nitrogen and oxygen atoms in total. The van der Waals surface area contributed by atoms with Gasteiger partial charge in [-0.3, -0.25) is 9.59 Å². The summed E-state index contributed by atoms with van der Waals surface area (Å²) < 4.78 is 21.0. The molecule has 6 fully saturated rings. The summed E-state index contributed by atoms with van der Waals surface area (Å²) in [7, 11) is 2.64. The molecule has 5 aromatic rings. The van der Waals surface area contributed by atoms with E-state index >= 15 is 0 Å². The monoisotopic (exact) mass is 868 g/mol. The van der Waals surface area contributed by atoms with E-state index in [1.807, 2.05) is 40.1 Å². The van der Waals surface area contributed by atoms with Crippen molar-refractivity contribution in [2.24, 2.45) is 23.7 Å². The first-order chi connectivity index (χ1) is 31.2. The van der Waals surface area contributed by atoms with Gasteiger partial charge in [0.15, 0.2) is 0 Å². The van der Waals surface area contributed by atoms with Gasteiger partial charge in [0.05, 0.1) is 48.4 Å². The molecule has 2 saturated carbocycles. The van der Waals surface area contributed by atoms with Crippen LogP contribution >= 0.6 is 0 Å². The Morgan fingerprint density at radius 3 is 1.77 bits per heavy atom. The Balaban J connectivity index is 0.814. The van der Waals surface area contributed by atoms with Crippen LogP contribution in [-0.2, 0) is 28.5 Å². The topological polar surface area (TPSA) is 193 Å². The molecule has 0 radical (unpaired) electrons. The lowest BCUT2D eigenvalue weighted by molar-refractivity contribution is -0.138. The van der Waals surface area contributed by atoms with Crippen molar-refractivity contribution in [2.75, 3.05) is 40.6 Å². The number of piperidine rings is 2. The number of aromatic nitrogens is 4. The summed E-state index contributed by atoms with van der Waals surface area (Å²) in [5.41, 5.74) is 5.08. The van der Waals surface area contributed by atoms with Crippen LogP contribution in [0.2, 0.25) is 0 Å². The van der Waals surface area contributed by atoms with Crippen LogP contribution in [0.4, 0.5) is 9.59 Å². The van der Waals surface area contributed by atoms with Crippen molar-refractivity contribution in [3.63, 3.8) is 0 Å². The van der Waals surface area contributed by atoms with E-state index in [1.165, 1.54) is 14.2 Å². The SMILES string of the molecule is COC(=O)N[C@H](C(=O)N1[C@@H]2C[C@@H]2C[C@H]1c1nc2ccc(C#Cc3ccc4c(ccc5nc([C@@H]6C[C@H]7C[C@H]7N6C(=O)[C@@H](NC(=O)OC)C6CCOCC6)[nH]c54)c3)cc2[nH]1)C1CCOCC1. The fraction of sp³-hybridized carbons (Fsp3) is 0.500. The van der Waals surface area contributed by atoms with Gasteiger partial charge < -0.3 is 49.3 Å². The van der Waals surface area contributed by atoms with Gasteiger partial charge in [0.1, 0.15) is 23.7 Å². The number of methoxy groups -OCH3 is 2. The lowest BCUT2D eigenvalue weighted by Crippen LogP contribution is -2.54. The van der Waals surface area contributed by atoms with Gasteiger partial charge in [-0.05, 0) is 117 Å². The largest absolute Gasteiger partial charge is 0.453 e. The number of aromatic amines is 2. The Morgan fingerprint density at radius 1 is 0.672 bits per heavy atom. The van der Waals surface area contributed by atoms with Crippen LogP contribution < -0.4 is 10.6 Å². The van der Waals surface area contributed by atoms with Gasteiger partial charge in [0, 0.05) is 55.0 Å². The van der Waals surface area contributed by atoms with Crippen molar-refractivity contribution < 1.29 is 38.1 Å². The number of hydrogen-bond donors (Lipinski definition) is 4. The van der Waals surface area contributed by atoms with E-state index in [0.29, 0.717) is 63.9 Å². The number of amides is 4. The highest BCUT2D eigenvalue weighted by Gasteiger charge is 2.58. The number of nitrogens with one attached hydrogen (secondary N) is 4. The molecule has 8 atom stereocenters. The predicted octanol–water partition coefficient (Wildman–Crippen LogP) is 5.62. The zero-order valence-corrected chi connectivity index (χ0v) is 35.9. The Morgan fingerprint density at radius 2 is 1.19 bits per heavy atom. The van der Waals surface area contributed by atoms with Crippen molar-refractivity contribution >= 4 is 56.8 Å². The van der Waals surface area contributed by atoms with Gasteiger partial charge in [0.25, 0.3) is 0 Å². The summed E-state index contributed by atoms with van der Waals surface area (Å²) in [5.74, 6) is 8.80. The van der Waals surface area contributed by atoms with E-state index < -0.39 is 24.3 Å². The molecule has 6 heterocycles. The fourth-order valence-electron chi connectivity index (χ4n) is 11.1. The lowest BCUT2D eigenvalue weighted by Gasteiger charge is -2.35. The fourth-order valence-corrected chi connectivity index (χ4v) is 11.1. The maximum atomic E-state index is 14.3. The number of likely N-dealkylation sites (tertiary alicyclic amines) is 2. The molecular weight excluding hydrogens is 817 g/mol. The third-order valence-corrected chi connectivity index (χ3v) is 14.6. The van der Waals surface area contributed by atoms with Crippen molar-refractivity contribution in [1.82, 2.24) is 40.4 Å². The van der Waals surface area contributed by atoms with E-state index in [-0.39, 0.29) is 47.8 Å². The van der Waals surface area contributed by atoms with E-state index in [1.54, 1.807) is 0 Å². The highest BCUT2D eigenvalue weighted by Crippen LogP contribution is 2.55. The van der Waals surface area contributed by atoms with Gasteiger partial charge in [-0.15, -0.1) is 0 Å². The molecule has 4 N–H and O–H groups in total. The molecule has 16 heteroatoms. The van der Waals surface area contributed by atoms with E-state index in [9.17, 15) is 19.2 Å². The normalized spacial score (nSPS) is 26.2. The van der Waals surface area contributed by atoms with Gasteiger partial charge >= 0.3 is 12.2 Å². The molecule has 0 unspecified atom stereocenters. The lowest BCUT2D eigenvalue weighted by atomic mass is 9.90. The molecule has 6 aliphatic rings. The summed E-state index contributed by atoms with van der Waals surface area (Å²) in [5, 5.41) is 7.75. The highest BCUT2D eigenvalue weighted by molar-refractivity contribution is 6.04. The molecule has 4 aliphatic heterocycles. The Labute approximate surface area is 369 Å². The van der Waals surface area contributed by atoms with Gasteiger partial charge in [-0.2, -0.15) is 0 Å². The molecule has 64 heavy (non-hydrogen) atoms. The van der Waals surface area contributed by atoms with Crippen molar-refractivity contribution in [3.05, 3.63) is 71.3 Å². The Bertz CT molecular complexity index is 2730. The van der Waals surface area contributed by atoms with Crippen molar-refractivity contribution in [1.29, 1.82) is 0 Å². The molecule has 11 rings (SSSR count). The maximum Gasteiger partial charge on any atom is 0.407 e. The quantitative estimate of drug-likeness (QED) is 0.142. The van der Waals surface area contributed by atoms with Gasteiger partial charge in [-0.1, -0.05) is 24.0 Å². The number of rotatable bonds is 8. The van der Waals surface area contributed by atoms with Crippen LogP contribution in [0.25, 0.3) is 32.8 Å². The highest BCUT2D eigenvalue weighted by atomic mass is 16.5. The molecular formula is C48H52N8O8. The number of imidazole rings is 2. The molecule has 2 aromatic heterocycles. The Hall–Kier alpha value is -6.18. The van der Waals surface area contributed by atoms with Crippen LogP contribution in [0.1, 0.15) is 86.2 Å². The molecule has 2 aliphatic carbocycles. The van der Waals surface area contributed by atoms with Crippen LogP contribution in [0, 0.1) is 35.5 Å². The Kier molecular flexibility index (Phi) is 10.4. The number of carbonyl (C=O) groups is 4. The van der Waals surface area contributed by atoms with E-state index in [2.05, 4.69) is 50.6 Å². The van der Waals surface area contributed by atoms with Crippen molar-refractivity contribution in [3.8, 4) is 11.8 Å². The summed E-state index contributed by atoms with van der Waals surface area (Å²) in [4.78, 5) is 74.5.